The molecular weight excluding hydrogens is 256 g/mol. The second-order valence-electron chi connectivity index (χ2n) is 7.53. The molecule has 1 N–H and O–H groups in total. The summed E-state index contributed by atoms with van der Waals surface area (Å²) in [6.45, 7) is 2.16. The van der Waals surface area contributed by atoms with E-state index in [9.17, 15) is 5.11 Å². The zero-order valence-corrected chi connectivity index (χ0v) is 12.5. The van der Waals surface area contributed by atoms with Crippen LogP contribution in [-0.2, 0) is 0 Å². The molecule has 0 spiro atoms. The zero-order chi connectivity index (χ0) is 14.1. The molecule has 3 aliphatic rings. The Morgan fingerprint density at radius 3 is 2.33 bits per heavy atom. The van der Waals surface area contributed by atoms with Crippen LogP contribution in [-0.4, -0.2) is 5.11 Å². The van der Waals surface area contributed by atoms with Crippen LogP contribution in [0, 0.1) is 36.5 Å². The van der Waals surface area contributed by atoms with Gasteiger partial charge in [-0.15, -0.1) is 0 Å². The number of fused-ring (bicyclic) bond motifs is 6. The van der Waals surface area contributed by atoms with Gasteiger partial charge >= 0.3 is 0 Å². The van der Waals surface area contributed by atoms with Crippen molar-refractivity contribution >= 4 is 10.8 Å². The van der Waals surface area contributed by atoms with Gasteiger partial charge in [0.2, 0.25) is 0 Å². The van der Waals surface area contributed by atoms with Gasteiger partial charge in [0.1, 0.15) is 0 Å². The number of hydrogen-bond acceptors (Lipinski definition) is 1. The standard InChI is InChI=1S/C20H22O/c1-11-6-9-16(15-5-3-2-4-14(11)15)20(21)19-17-12-7-8-13(10-12)18(17)19/h2-6,9,12-13,17-21H,7-8,10H2,1H3. The van der Waals surface area contributed by atoms with E-state index in [0.29, 0.717) is 5.92 Å². The van der Waals surface area contributed by atoms with Crippen molar-refractivity contribution in [2.75, 3.05) is 0 Å². The highest BCUT2D eigenvalue weighted by atomic mass is 16.3. The minimum Gasteiger partial charge on any atom is -0.388 e. The lowest BCUT2D eigenvalue weighted by molar-refractivity contribution is 0.131. The van der Waals surface area contributed by atoms with E-state index in [2.05, 4.69) is 43.3 Å². The number of aliphatic hydroxyl groups is 1. The lowest BCUT2D eigenvalue weighted by atomic mass is 9.91. The first-order valence-electron chi connectivity index (χ1n) is 8.42. The van der Waals surface area contributed by atoms with Crippen LogP contribution in [0.5, 0.6) is 0 Å². The van der Waals surface area contributed by atoms with E-state index in [1.807, 2.05) is 0 Å². The van der Waals surface area contributed by atoms with Gasteiger partial charge in [-0.1, -0.05) is 36.4 Å². The molecule has 5 atom stereocenters. The van der Waals surface area contributed by atoms with Crippen molar-refractivity contribution in [1.29, 1.82) is 0 Å². The smallest absolute Gasteiger partial charge is 0.0829 e. The molecule has 0 aromatic heterocycles. The fourth-order valence-corrected chi connectivity index (χ4v) is 5.75. The van der Waals surface area contributed by atoms with Crippen LogP contribution in [0.15, 0.2) is 36.4 Å². The summed E-state index contributed by atoms with van der Waals surface area (Å²) in [6.07, 6.45) is 4.04. The molecule has 5 unspecified atom stereocenters. The molecule has 108 valence electrons. The maximum atomic E-state index is 11.0. The van der Waals surface area contributed by atoms with E-state index in [-0.39, 0.29) is 6.10 Å². The lowest BCUT2D eigenvalue weighted by Crippen LogP contribution is -2.09. The van der Waals surface area contributed by atoms with Crippen LogP contribution in [0.1, 0.15) is 36.5 Å². The second-order valence-corrected chi connectivity index (χ2v) is 7.53. The Kier molecular flexibility index (Phi) is 2.39. The summed E-state index contributed by atoms with van der Waals surface area (Å²) < 4.78 is 0. The predicted octanol–water partition coefficient (Wildman–Crippen LogP) is 4.47. The van der Waals surface area contributed by atoms with E-state index in [1.54, 1.807) is 0 Å². The monoisotopic (exact) mass is 278 g/mol. The minimum absolute atomic E-state index is 0.256. The average Bonchev–Trinajstić information content (AvgIpc) is 2.95. The largest absolute Gasteiger partial charge is 0.388 e. The molecule has 21 heavy (non-hydrogen) atoms. The molecular formula is C20H22O. The summed E-state index contributed by atoms with van der Waals surface area (Å²) in [4.78, 5) is 0. The van der Waals surface area contributed by atoms with Crippen LogP contribution in [0.4, 0.5) is 0 Å². The normalized spacial score (nSPS) is 37.7. The average molecular weight is 278 g/mol. The van der Waals surface area contributed by atoms with Crippen LogP contribution >= 0.6 is 0 Å². The summed E-state index contributed by atoms with van der Waals surface area (Å²) in [5, 5.41) is 13.6. The second kappa shape index (κ2) is 4.10. The van der Waals surface area contributed by atoms with Gasteiger partial charge < -0.3 is 5.11 Å². The minimum atomic E-state index is -0.256. The quantitative estimate of drug-likeness (QED) is 0.859. The number of benzene rings is 2. The van der Waals surface area contributed by atoms with Gasteiger partial charge in [-0.25, -0.2) is 0 Å². The molecule has 0 heterocycles. The predicted molar refractivity (Wildman–Crippen MR) is 84.9 cm³/mol. The van der Waals surface area contributed by atoms with Crippen molar-refractivity contribution in [3.05, 3.63) is 47.5 Å². The Morgan fingerprint density at radius 2 is 1.62 bits per heavy atom. The zero-order valence-electron chi connectivity index (χ0n) is 12.5. The molecule has 0 saturated heterocycles. The Hall–Kier alpha value is -1.34. The summed E-state index contributed by atoms with van der Waals surface area (Å²) >= 11 is 0. The summed E-state index contributed by atoms with van der Waals surface area (Å²) in [7, 11) is 0. The summed E-state index contributed by atoms with van der Waals surface area (Å²) in [5.41, 5.74) is 2.47. The Balaban J connectivity index is 1.55. The molecule has 1 nitrogen and oxygen atoms in total. The summed E-state index contributed by atoms with van der Waals surface area (Å²) in [5.74, 6) is 4.06. The third kappa shape index (κ3) is 1.56. The van der Waals surface area contributed by atoms with Crippen molar-refractivity contribution < 1.29 is 5.11 Å². The number of rotatable bonds is 2. The Bertz CT molecular complexity index is 703. The highest BCUT2D eigenvalue weighted by Gasteiger charge is 2.66. The molecule has 0 aliphatic heterocycles. The van der Waals surface area contributed by atoms with Crippen LogP contribution in [0.2, 0.25) is 0 Å². The van der Waals surface area contributed by atoms with Gasteiger partial charge in [0.25, 0.3) is 0 Å². The highest BCUT2D eigenvalue weighted by Crippen LogP contribution is 2.72. The van der Waals surface area contributed by atoms with E-state index in [0.717, 1.165) is 29.2 Å². The molecule has 3 fully saturated rings. The van der Waals surface area contributed by atoms with Crippen molar-refractivity contribution in [2.24, 2.45) is 29.6 Å². The molecule has 5 rings (SSSR count). The molecule has 2 bridgehead atoms. The molecule has 3 saturated carbocycles. The van der Waals surface area contributed by atoms with Crippen molar-refractivity contribution in [1.82, 2.24) is 0 Å². The van der Waals surface area contributed by atoms with Gasteiger partial charge in [-0.3, -0.25) is 0 Å². The highest BCUT2D eigenvalue weighted by molar-refractivity contribution is 5.88. The maximum absolute atomic E-state index is 11.0. The third-order valence-corrected chi connectivity index (χ3v) is 6.65. The van der Waals surface area contributed by atoms with Crippen molar-refractivity contribution in [3.63, 3.8) is 0 Å². The van der Waals surface area contributed by atoms with Crippen molar-refractivity contribution in [2.45, 2.75) is 32.3 Å². The first-order chi connectivity index (χ1) is 10.3. The SMILES string of the molecule is Cc1ccc(C(O)C2C3C4CCC(C4)C32)c2ccccc12. The molecule has 0 radical (unpaired) electrons. The first-order valence-corrected chi connectivity index (χ1v) is 8.42. The summed E-state index contributed by atoms with van der Waals surface area (Å²) in [6, 6.07) is 12.9. The lowest BCUT2D eigenvalue weighted by Gasteiger charge is -2.18. The van der Waals surface area contributed by atoms with Crippen LogP contribution in [0.3, 0.4) is 0 Å². The topological polar surface area (TPSA) is 20.2 Å². The Morgan fingerprint density at radius 1 is 0.952 bits per heavy atom. The van der Waals surface area contributed by atoms with E-state index >= 15 is 0 Å². The molecule has 0 amide bonds. The fraction of sp³-hybridized carbons (Fsp3) is 0.500. The molecule has 2 aromatic rings. The Labute approximate surface area is 126 Å². The number of aryl methyl sites for hydroxylation is 1. The molecule has 1 heteroatoms. The molecule has 3 aliphatic carbocycles. The maximum Gasteiger partial charge on any atom is 0.0829 e. The molecule has 2 aromatic carbocycles. The van der Waals surface area contributed by atoms with E-state index < -0.39 is 0 Å². The van der Waals surface area contributed by atoms with Crippen LogP contribution < -0.4 is 0 Å². The number of aliphatic hydroxyl groups excluding tert-OH is 1. The van der Waals surface area contributed by atoms with Crippen LogP contribution in [0.25, 0.3) is 10.8 Å². The van der Waals surface area contributed by atoms with E-state index in [1.165, 1.54) is 35.6 Å². The third-order valence-electron chi connectivity index (χ3n) is 6.65. The van der Waals surface area contributed by atoms with Gasteiger partial charge in [0.15, 0.2) is 0 Å². The van der Waals surface area contributed by atoms with Gasteiger partial charge in [-0.05, 0) is 77.7 Å². The van der Waals surface area contributed by atoms with Gasteiger partial charge in [0, 0.05) is 0 Å². The number of hydrogen-bond donors (Lipinski definition) is 1. The van der Waals surface area contributed by atoms with Crippen molar-refractivity contribution in [3.8, 4) is 0 Å². The first kappa shape index (κ1) is 12.2. The fourth-order valence-electron chi connectivity index (χ4n) is 5.75. The van der Waals surface area contributed by atoms with Gasteiger partial charge in [0.05, 0.1) is 6.10 Å². The van der Waals surface area contributed by atoms with Gasteiger partial charge in [-0.2, -0.15) is 0 Å². The van der Waals surface area contributed by atoms with E-state index in [4.69, 9.17) is 0 Å².